The molecule has 0 amide bonds. The van der Waals surface area contributed by atoms with Crippen molar-refractivity contribution in [2.24, 2.45) is 0 Å². The van der Waals surface area contributed by atoms with Crippen molar-refractivity contribution in [3.63, 3.8) is 0 Å². The van der Waals surface area contributed by atoms with Crippen LogP contribution in [0.3, 0.4) is 0 Å². The molecule has 3 rings (SSSR count). The second-order valence-corrected chi connectivity index (χ2v) is 4.93. The van der Waals surface area contributed by atoms with Crippen molar-refractivity contribution in [1.29, 1.82) is 0 Å². The largest absolute Gasteiger partial charge is 0.469 e. The molecule has 0 bridgehead atoms. The second-order valence-electron chi connectivity index (χ2n) is 4.93. The first-order valence-corrected chi connectivity index (χ1v) is 7.02. The van der Waals surface area contributed by atoms with Gasteiger partial charge in [0.2, 0.25) is 5.76 Å². The molecule has 1 heterocycles. The maximum Gasteiger partial charge on any atom is 0.379 e. The van der Waals surface area contributed by atoms with Gasteiger partial charge >= 0.3 is 11.9 Å². The minimum atomic E-state index is -0.568. The van der Waals surface area contributed by atoms with Gasteiger partial charge in [-0.25, -0.2) is 4.79 Å². The third-order valence-corrected chi connectivity index (χ3v) is 3.34. The molecule has 1 aromatic heterocycles. The van der Waals surface area contributed by atoms with Gasteiger partial charge in [0.25, 0.3) is 0 Å². The summed E-state index contributed by atoms with van der Waals surface area (Å²) in [5.74, 6) is -0.368. The highest BCUT2D eigenvalue weighted by Crippen LogP contribution is 2.21. The minimum Gasteiger partial charge on any atom is -0.469 e. The van der Waals surface area contributed by atoms with E-state index < -0.39 is 5.97 Å². The molecule has 0 aliphatic rings. The summed E-state index contributed by atoms with van der Waals surface area (Å²) >= 11 is 0. The van der Waals surface area contributed by atoms with Crippen molar-refractivity contribution in [3.8, 4) is 5.75 Å². The summed E-state index contributed by atoms with van der Waals surface area (Å²) in [6, 6.07) is 15.6. The van der Waals surface area contributed by atoms with Crippen molar-refractivity contribution in [1.82, 2.24) is 0 Å². The first kappa shape index (κ1) is 14.8. The van der Waals surface area contributed by atoms with E-state index in [1.807, 2.05) is 18.2 Å². The number of furan rings is 1. The number of hydrogen-bond donors (Lipinski definition) is 0. The Balaban J connectivity index is 1.71. The van der Waals surface area contributed by atoms with Crippen LogP contribution in [-0.4, -0.2) is 19.0 Å². The summed E-state index contributed by atoms with van der Waals surface area (Å²) in [7, 11) is 1.34. The van der Waals surface area contributed by atoms with Gasteiger partial charge in [-0.05, 0) is 29.8 Å². The normalized spacial score (nSPS) is 10.5. The maximum absolute atomic E-state index is 12.1. The van der Waals surface area contributed by atoms with Crippen LogP contribution in [-0.2, 0) is 16.0 Å². The van der Waals surface area contributed by atoms with Crippen LogP contribution in [0.5, 0.6) is 5.75 Å². The zero-order valence-corrected chi connectivity index (χ0v) is 12.4. The lowest BCUT2D eigenvalue weighted by atomic mass is 10.1. The van der Waals surface area contributed by atoms with Crippen molar-refractivity contribution < 1.29 is 23.5 Å². The van der Waals surface area contributed by atoms with Crippen LogP contribution in [0.15, 0.2) is 59.0 Å². The van der Waals surface area contributed by atoms with E-state index in [4.69, 9.17) is 9.15 Å². The van der Waals surface area contributed by atoms with Gasteiger partial charge in [0, 0.05) is 5.39 Å². The molecule has 0 fully saturated rings. The number of para-hydroxylation sites is 1. The summed E-state index contributed by atoms with van der Waals surface area (Å²) in [6.45, 7) is 0. The van der Waals surface area contributed by atoms with E-state index in [1.165, 1.54) is 7.11 Å². The number of esters is 2. The molecule has 0 spiro atoms. The van der Waals surface area contributed by atoms with Crippen LogP contribution < -0.4 is 4.74 Å². The SMILES string of the molecule is COC(=O)Cc1ccc(OC(=O)c2cc3ccccc3o2)cc1. The van der Waals surface area contributed by atoms with E-state index >= 15 is 0 Å². The average molecular weight is 310 g/mol. The van der Waals surface area contributed by atoms with Gasteiger partial charge in [-0.1, -0.05) is 30.3 Å². The Hall–Kier alpha value is -3.08. The molecule has 5 nitrogen and oxygen atoms in total. The number of ether oxygens (including phenoxy) is 2. The van der Waals surface area contributed by atoms with E-state index in [0.29, 0.717) is 11.3 Å². The van der Waals surface area contributed by atoms with Gasteiger partial charge < -0.3 is 13.9 Å². The summed E-state index contributed by atoms with van der Waals surface area (Å²) in [4.78, 5) is 23.3. The van der Waals surface area contributed by atoms with Crippen LogP contribution in [0, 0.1) is 0 Å². The molecule has 0 aliphatic carbocycles. The van der Waals surface area contributed by atoms with Crippen molar-refractivity contribution in [2.75, 3.05) is 7.11 Å². The van der Waals surface area contributed by atoms with E-state index in [-0.39, 0.29) is 18.2 Å². The Morgan fingerprint density at radius 1 is 1.04 bits per heavy atom. The molecule has 0 saturated carbocycles. The quantitative estimate of drug-likeness (QED) is 0.546. The third-order valence-electron chi connectivity index (χ3n) is 3.34. The molecule has 3 aromatic rings. The molecular formula is C18H14O5. The van der Waals surface area contributed by atoms with Gasteiger partial charge in [0.15, 0.2) is 0 Å². The molecule has 0 saturated heterocycles. The lowest BCUT2D eigenvalue weighted by Crippen LogP contribution is -2.07. The van der Waals surface area contributed by atoms with Crippen LogP contribution in [0.1, 0.15) is 16.1 Å². The van der Waals surface area contributed by atoms with Crippen LogP contribution in [0.2, 0.25) is 0 Å². The average Bonchev–Trinajstić information content (AvgIpc) is 3.00. The standard InChI is InChI=1S/C18H14O5/c1-21-17(19)10-12-6-8-14(9-7-12)22-18(20)16-11-13-4-2-3-5-15(13)23-16/h2-9,11H,10H2,1H3. The van der Waals surface area contributed by atoms with Gasteiger partial charge in [0.05, 0.1) is 13.5 Å². The molecule has 0 unspecified atom stereocenters. The number of carbonyl (C=O) groups is 2. The van der Waals surface area contributed by atoms with E-state index in [2.05, 4.69) is 4.74 Å². The van der Waals surface area contributed by atoms with E-state index in [0.717, 1.165) is 10.9 Å². The summed E-state index contributed by atoms with van der Waals surface area (Å²) < 4.78 is 15.3. The molecule has 0 aliphatic heterocycles. The summed E-state index contributed by atoms with van der Waals surface area (Å²) in [5, 5.41) is 0.841. The van der Waals surface area contributed by atoms with Crippen LogP contribution in [0.4, 0.5) is 0 Å². The van der Waals surface area contributed by atoms with Crippen molar-refractivity contribution >= 4 is 22.9 Å². The number of benzene rings is 2. The Morgan fingerprint density at radius 2 is 1.78 bits per heavy atom. The zero-order chi connectivity index (χ0) is 16.2. The Kier molecular flexibility index (Phi) is 4.10. The second kappa shape index (κ2) is 6.36. The van der Waals surface area contributed by atoms with Crippen LogP contribution in [0.25, 0.3) is 11.0 Å². The fraction of sp³-hybridized carbons (Fsp3) is 0.111. The molecule has 23 heavy (non-hydrogen) atoms. The first-order valence-electron chi connectivity index (χ1n) is 7.02. The van der Waals surface area contributed by atoms with Gasteiger partial charge in [-0.15, -0.1) is 0 Å². The number of hydrogen-bond acceptors (Lipinski definition) is 5. The van der Waals surface area contributed by atoms with Crippen molar-refractivity contribution in [2.45, 2.75) is 6.42 Å². The number of fused-ring (bicyclic) bond motifs is 1. The maximum atomic E-state index is 12.1. The van der Waals surface area contributed by atoms with Crippen LogP contribution >= 0.6 is 0 Å². The Labute approximate surface area is 132 Å². The monoisotopic (exact) mass is 310 g/mol. The van der Waals surface area contributed by atoms with Gasteiger partial charge in [-0.3, -0.25) is 4.79 Å². The summed E-state index contributed by atoms with van der Waals surface area (Å²) in [5.41, 5.74) is 1.41. The van der Waals surface area contributed by atoms with E-state index in [9.17, 15) is 9.59 Å². The first-order chi connectivity index (χ1) is 11.2. The molecule has 0 atom stereocenters. The number of methoxy groups -OCH3 is 1. The fourth-order valence-electron chi connectivity index (χ4n) is 2.15. The highest BCUT2D eigenvalue weighted by Gasteiger charge is 2.14. The molecule has 0 radical (unpaired) electrons. The molecular weight excluding hydrogens is 296 g/mol. The molecule has 5 heteroatoms. The number of carbonyl (C=O) groups excluding carboxylic acids is 2. The Bertz CT molecular complexity index is 812. The Morgan fingerprint density at radius 3 is 2.48 bits per heavy atom. The highest BCUT2D eigenvalue weighted by atomic mass is 16.5. The van der Waals surface area contributed by atoms with E-state index in [1.54, 1.807) is 36.4 Å². The lowest BCUT2D eigenvalue weighted by Gasteiger charge is -2.04. The van der Waals surface area contributed by atoms with Crippen molar-refractivity contribution in [3.05, 3.63) is 65.9 Å². The molecule has 2 aromatic carbocycles. The molecule has 0 N–H and O–H groups in total. The predicted octanol–water partition coefficient (Wildman–Crippen LogP) is 3.37. The fourth-order valence-corrected chi connectivity index (χ4v) is 2.15. The smallest absolute Gasteiger partial charge is 0.379 e. The van der Waals surface area contributed by atoms with Gasteiger partial charge in [-0.2, -0.15) is 0 Å². The minimum absolute atomic E-state index is 0.143. The predicted molar refractivity (Wildman–Crippen MR) is 83.3 cm³/mol. The zero-order valence-electron chi connectivity index (χ0n) is 12.4. The van der Waals surface area contributed by atoms with Gasteiger partial charge in [0.1, 0.15) is 11.3 Å². The molecule has 116 valence electrons. The lowest BCUT2D eigenvalue weighted by molar-refractivity contribution is -0.139. The number of rotatable bonds is 4. The highest BCUT2D eigenvalue weighted by molar-refractivity contribution is 5.93. The summed E-state index contributed by atoms with van der Waals surface area (Å²) in [6.07, 6.45) is 0.175. The topological polar surface area (TPSA) is 65.7 Å². The third kappa shape index (κ3) is 3.40.